The summed E-state index contributed by atoms with van der Waals surface area (Å²) in [6.45, 7) is 11.5. The standard InChI is InChI=1S/C27H32N8OS/c1-27(2,3)35-12-10-34(11-13-35)26(36)33-8-6-18(7-9-33)22-15-20-24(28-16-29-25(20)32-22)31-19-4-5-21-23(14-19)37-17-30-21/h4-6,14-17H,7-13H2,1-3H3,(H2,28,29,31,32). The number of carbonyl (C=O) groups excluding carboxylic acids is 1. The number of hydrogen-bond acceptors (Lipinski definition) is 7. The highest BCUT2D eigenvalue weighted by Gasteiger charge is 2.30. The first-order valence-electron chi connectivity index (χ1n) is 12.8. The molecule has 0 bridgehead atoms. The fourth-order valence-corrected chi connectivity index (χ4v) is 5.85. The van der Waals surface area contributed by atoms with Crippen LogP contribution in [-0.4, -0.2) is 85.5 Å². The molecule has 2 aliphatic rings. The summed E-state index contributed by atoms with van der Waals surface area (Å²) in [7, 11) is 0. The van der Waals surface area contributed by atoms with Gasteiger partial charge in [-0.15, -0.1) is 11.3 Å². The van der Waals surface area contributed by atoms with Gasteiger partial charge in [-0.25, -0.2) is 19.7 Å². The van der Waals surface area contributed by atoms with Crippen molar-refractivity contribution in [1.29, 1.82) is 0 Å². The molecule has 37 heavy (non-hydrogen) atoms. The molecule has 4 aromatic rings. The Labute approximate surface area is 220 Å². The average molecular weight is 517 g/mol. The number of benzene rings is 1. The van der Waals surface area contributed by atoms with Gasteiger partial charge in [-0.3, -0.25) is 4.90 Å². The highest BCUT2D eigenvalue weighted by Crippen LogP contribution is 2.30. The van der Waals surface area contributed by atoms with E-state index >= 15 is 0 Å². The van der Waals surface area contributed by atoms with Crippen LogP contribution in [0.3, 0.4) is 0 Å². The number of hydrogen-bond donors (Lipinski definition) is 2. The molecule has 0 radical (unpaired) electrons. The Balaban J connectivity index is 1.14. The minimum Gasteiger partial charge on any atom is -0.340 e. The summed E-state index contributed by atoms with van der Waals surface area (Å²) in [5.41, 5.74) is 6.99. The zero-order valence-corrected chi connectivity index (χ0v) is 22.3. The number of H-pyrrole nitrogens is 1. The molecule has 1 fully saturated rings. The lowest BCUT2D eigenvalue weighted by atomic mass is 10.0. The van der Waals surface area contributed by atoms with Crippen LogP contribution in [0, 0.1) is 0 Å². The summed E-state index contributed by atoms with van der Waals surface area (Å²) < 4.78 is 1.13. The van der Waals surface area contributed by atoms with Crippen LogP contribution >= 0.6 is 11.3 Å². The van der Waals surface area contributed by atoms with Crippen LogP contribution in [0.5, 0.6) is 0 Å². The van der Waals surface area contributed by atoms with E-state index in [9.17, 15) is 4.79 Å². The number of fused-ring (bicyclic) bond motifs is 2. The average Bonchev–Trinajstić information content (AvgIpc) is 3.55. The molecular weight excluding hydrogens is 484 g/mol. The molecule has 6 rings (SSSR count). The van der Waals surface area contributed by atoms with Crippen LogP contribution < -0.4 is 5.32 Å². The molecule has 2 aliphatic heterocycles. The van der Waals surface area contributed by atoms with Crippen molar-refractivity contribution in [1.82, 2.24) is 34.6 Å². The van der Waals surface area contributed by atoms with Gasteiger partial charge in [0.1, 0.15) is 17.8 Å². The Hall–Kier alpha value is -3.50. The SMILES string of the molecule is CC(C)(C)N1CCN(C(=O)N2CC=C(c3cc4c(Nc5ccc6ncsc6c5)ncnc4[nH]3)CC2)CC1. The number of thiazole rings is 1. The van der Waals surface area contributed by atoms with E-state index in [1.165, 1.54) is 5.57 Å². The molecule has 1 saturated heterocycles. The fraction of sp³-hybridized carbons (Fsp3) is 0.407. The van der Waals surface area contributed by atoms with E-state index in [1.807, 2.05) is 27.4 Å². The smallest absolute Gasteiger partial charge is 0.320 e. The number of piperazine rings is 1. The van der Waals surface area contributed by atoms with E-state index in [-0.39, 0.29) is 11.6 Å². The molecular formula is C27H32N8OS. The summed E-state index contributed by atoms with van der Waals surface area (Å²) in [6, 6.07) is 8.38. The van der Waals surface area contributed by atoms with E-state index < -0.39 is 0 Å². The minimum absolute atomic E-state index is 0.145. The van der Waals surface area contributed by atoms with Gasteiger partial charge in [0, 0.05) is 56.2 Å². The van der Waals surface area contributed by atoms with Gasteiger partial charge in [0.25, 0.3) is 0 Å². The number of aromatic nitrogens is 4. The van der Waals surface area contributed by atoms with Crippen LogP contribution in [0.1, 0.15) is 32.9 Å². The molecule has 0 saturated carbocycles. The van der Waals surface area contributed by atoms with Gasteiger partial charge in [-0.2, -0.15) is 0 Å². The Bertz CT molecular complexity index is 1470. The molecule has 2 N–H and O–H groups in total. The van der Waals surface area contributed by atoms with Crippen molar-refractivity contribution in [3.05, 3.63) is 47.9 Å². The van der Waals surface area contributed by atoms with E-state index in [0.717, 1.165) is 71.0 Å². The summed E-state index contributed by atoms with van der Waals surface area (Å²) in [5.74, 6) is 0.763. The van der Waals surface area contributed by atoms with Gasteiger partial charge in [0.05, 0.1) is 21.1 Å². The van der Waals surface area contributed by atoms with Crippen LogP contribution in [0.4, 0.5) is 16.3 Å². The van der Waals surface area contributed by atoms with Crippen molar-refractivity contribution in [2.45, 2.75) is 32.7 Å². The van der Waals surface area contributed by atoms with Crippen molar-refractivity contribution >= 4 is 55.7 Å². The van der Waals surface area contributed by atoms with Crippen molar-refractivity contribution in [3.63, 3.8) is 0 Å². The molecule has 0 atom stereocenters. The van der Waals surface area contributed by atoms with Gasteiger partial charge in [0.15, 0.2) is 0 Å². The van der Waals surface area contributed by atoms with Gasteiger partial charge in [0.2, 0.25) is 0 Å². The normalized spacial score (nSPS) is 17.4. The maximum Gasteiger partial charge on any atom is 0.320 e. The minimum atomic E-state index is 0.145. The molecule has 1 aromatic carbocycles. The number of rotatable bonds is 3. The Morgan fingerprint density at radius 2 is 1.86 bits per heavy atom. The maximum absolute atomic E-state index is 13.1. The number of anilines is 2. The third-order valence-corrected chi connectivity index (χ3v) is 8.14. The van der Waals surface area contributed by atoms with E-state index in [1.54, 1.807) is 17.7 Å². The lowest BCUT2D eigenvalue weighted by Gasteiger charge is -2.43. The van der Waals surface area contributed by atoms with Gasteiger partial charge < -0.3 is 20.1 Å². The first kappa shape index (κ1) is 23.9. The van der Waals surface area contributed by atoms with Crippen LogP contribution in [0.2, 0.25) is 0 Å². The van der Waals surface area contributed by atoms with Crippen LogP contribution in [0.15, 0.2) is 42.2 Å². The van der Waals surface area contributed by atoms with E-state index in [0.29, 0.717) is 13.1 Å². The molecule has 9 nitrogen and oxygen atoms in total. The Morgan fingerprint density at radius 3 is 2.62 bits per heavy atom. The van der Waals surface area contributed by atoms with Crippen LogP contribution in [-0.2, 0) is 0 Å². The quantitative estimate of drug-likeness (QED) is 0.401. The van der Waals surface area contributed by atoms with E-state index in [2.05, 4.69) is 69.1 Å². The molecule has 0 aliphatic carbocycles. The second-order valence-electron chi connectivity index (χ2n) is 10.7. The first-order chi connectivity index (χ1) is 17.8. The fourth-order valence-electron chi connectivity index (χ4n) is 5.14. The first-order valence-corrected chi connectivity index (χ1v) is 13.7. The Morgan fingerprint density at radius 1 is 1.03 bits per heavy atom. The molecule has 192 valence electrons. The molecule has 10 heteroatoms. The largest absolute Gasteiger partial charge is 0.340 e. The van der Waals surface area contributed by atoms with E-state index in [4.69, 9.17) is 0 Å². The zero-order valence-electron chi connectivity index (χ0n) is 21.5. The third-order valence-electron chi connectivity index (χ3n) is 7.34. The molecule has 5 heterocycles. The summed E-state index contributed by atoms with van der Waals surface area (Å²) in [6.07, 6.45) is 4.54. The monoisotopic (exact) mass is 516 g/mol. The predicted octanol–water partition coefficient (Wildman–Crippen LogP) is 4.94. The van der Waals surface area contributed by atoms with Crippen molar-refractivity contribution < 1.29 is 4.79 Å². The van der Waals surface area contributed by atoms with Crippen molar-refractivity contribution in [3.8, 4) is 0 Å². The van der Waals surface area contributed by atoms with Crippen LogP contribution in [0.25, 0.3) is 26.8 Å². The molecule has 2 amide bonds. The maximum atomic E-state index is 13.1. The lowest BCUT2D eigenvalue weighted by Crippen LogP contribution is -2.57. The number of carbonyl (C=O) groups is 1. The summed E-state index contributed by atoms with van der Waals surface area (Å²) in [5, 5.41) is 4.38. The molecule has 0 unspecified atom stereocenters. The third kappa shape index (κ3) is 4.78. The number of urea groups is 1. The lowest BCUT2D eigenvalue weighted by molar-refractivity contribution is 0.0649. The topological polar surface area (TPSA) is 93.3 Å². The van der Waals surface area contributed by atoms with Gasteiger partial charge in [-0.1, -0.05) is 6.08 Å². The predicted molar refractivity (Wildman–Crippen MR) is 149 cm³/mol. The summed E-state index contributed by atoms with van der Waals surface area (Å²) >= 11 is 1.62. The number of aromatic amines is 1. The van der Waals surface area contributed by atoms with Crippen molar-refractivity contribution in [2.75, 3.05) is 44.6 Å². The number of amides is 2. The second-order valence-corrected chi connectivity index (χ2v) is 11.6. The Kier molecular flexibility index (Phi) is 6.08. The van der Waals surface area contributed by atoms with Gasteiger partial charge in [-0.05, 0) is 57.0 Å². The molecule has 3 aromatic heterocycles. The second kappa shape index (κ2) is 9.42. The highest BCUT2D eigenvalue weighted by atomic mass is 32.1. The van der Waals surface area contributed by atoms with Crippen molar-refractivity contribution in [2.24, 2.45) is 0 Å². The van der Waals surface area contributed by atoms with Gasteiger partial charge >= 0.3 is 6.03 Å². The molecule has 0 spiro atoms. The number of nitrogens with one attached hydrogen (secondary N) is 2. The zero-order chi connectivity index (χ0) is 25.6. The summed E-state index contributed by atoms with van der Waals surface area (Å²) in [4.78, 5) is 36.3. The highest BCUT2D eigenvalue weighted by molar-refractivity contribution is 7.16. The number of nitrogens with zero attached hydrogens (tertiary/aromatic N) is 6.